The lowest BCUT2D eigenvalue weighted by atomic mass is 10.2. The van der Waals surface area contributed by atoms with Crippen molar-refractivity contribution in [2.45, 2.75) is 26.7 Å². The van der Waals surface area contributed by atoms with E-state index in [1.54, 1.807) is 18.5 Å². The standard InChI is InChI=1S/C17H17ClN2O.C6H8N2.CH2O/c1-11-10-14(8-9-17(11)21)20(13-6-7-13)19-16-5-3-4-15(18)12(16)2;1-7-6-3-2-4-8-5-6;1-2/h3-5,8-10,19H,6-7H2,1-2H3;2-5,7H,1H3;1H2/p+1. The molecule has 0 spiro atoms. The zero-order chi connectivity index (χ0) is 22.8. The molecule has 1 aromatic heterocycles. The number of phenols is 1. The number of hydrazone groups is 1. The molecule has 6 nitrogen and oxygen atoms in total. The third kappa shape index (κ3) is 6.83. The zero-order valence-electron chi connectivity index (χ0n) is 18.0. The van der Waals surface area contributed by atoms with Gasteiger partial charge in [-0.25, -0.2) is 0 Å². The number of anilines is 2. The summed E-state index contributed by atoms with van der Waals surface area (Å²) in [5.74, 6) is 0.318. The summed E-state index contributed by atoms with van der Waals surface area (Å²) in [4.78, 5) is 11.9. The highest BCUT2D eigenvalue weighted by atomic mass is 35.5. The van der Waals surface area contributed by atoms with Crippen molar-refractivity contribution in [3.63, 3.8) is 0 Å². The first kappa shape index (κ1) is 23.9. The monoisotopic (exact) mass is 439 g/mol. The molecule has 1 fully saturated rings. The van der Waals surface area contributed by atoms with Gasteiger partial charge in [0.25, 0.3) is 0 Å². The van der Waals surface area contributed by atoms with Crippen molar-refractivity contribution in [3.05, 3.63) is 77.1 Å². The molecule has 1 heterocycles. The smallest absolute Gasteiger partial charge is 0.236 e. The molecule has 0 saturated heterocycles. The molecule has 4 rings (SSSR count). The maximum Gasteiger partial charge on any atom is 0.236 e. The highest BCUT2D eigenvalue weighted by Crippen LogP contribution is 2.29. The quantitative estimate of drug-likeness (QED) is 0.369. The predicted molar refractivity (Wildman–Crippen MR) is 128 cm³/mol. The fraction of sp³-hybridized carbons (Fsp3) is 0.208. The molecule has 0 aliphatic heterocycles. The van der Waals surface area contributed by atoms with Gasteiger partial charge in [0.05, 0.1) is 5.69 Å². The van der Waals surface area contributed by atoms with Gasteiger partial charge in [-0.2, -0.15) is 5.43 Å². The van der Waals surface area contributed by atoms with Crippen LogP contribution >= 0.6 is 11.6 Å². The van der Waals surface area contributed by atoms with Gasteiger partial charge in [0.2, 0.25) is 5.69 Å². The number of phenolic OH excluding ortho intramolecular Hbond substituents is 1. The second-order valence-corrected chi connectivity index (χ2v) is 7.30. The number of aromatic hydroxyl groups is 1. The van der Waals surface area contributed by atoms with Crippen LogP contribution in [0.15, 0.2) is 60.9 Å². The van der Waals surface area contributed by atoms with Gasteiger partial charge in [0.15, 0.2) is 5.71 Å². The van der Waals surface area contributed by atoms with Gasteiger partial charge in [0.1, 0.15) is 18.2 Å². The van der Waals surface area contributed by atoms with Gasteiger partial charge in [-0.05, 0) is 55.3 Å². The molecule has 1 aliphatic carbocycles. The van der Waals surface area contributed by atoms with Gasteiger partial charge in [-0.1, -0.05) is 22.4 Å². The van der Waals surface area contributed by atoms with E-state index in [0.29, 0.717) is 5.75 Å². The van der Waals surface area contributed by atoms with Crippen LogP contribution in [0.25, 0.3) is 0 Å². The number of carbonyl (C=O) groups excluding carboxylic acids is 1. The molecule has 2 aromatic carbocycles. The molecule has 3 aromatic rings. The normalized spacial score (nSPS) is 11.3. The topological polar surface area (TPSA) is 77.3 Å². The number of hydrogen-bond donors (Lipinski definition) is 3. The Morgan fingerprint density at radius 1 is 1.10 bits per heavy atom. The lowest BCUT2D eigenvalue weighted by Gasteiger charge is -2.09. The van der Waals surface area contributed by atoms with Gasteiger partial charge in [0, 0.05) is 49.4 Å². The molecule has 31 heavy (non-hydrogen) atoms. The number of nitrogens with one attached hydrogen (secondary N) is 2. The Balaban J connectivity index is 0.000000286. The number of aryl methyl sites for hydroxylation is 1. The Morgan fingerprint density at radius 2 is 1.84 bits per heavy atom. The maximum absolute atomic E-state index is 9.69. The average molecular weight is 440 g/mol. The minimum atomic E-state index is 0.318. The van der Waals surface area contributed by atoms with Crippen LogP contribution in [0.1, 0.15) is 24.0 Å². The number of hydrogen-bond acceptors (Lipinski definition) is 5. The lowest BCUT2D eigenvalue weighted by Crippen LogP contribution is -2.16. The molecule has 1 aliphatic rings. The van der Waals surface area contributed by atoms with Crippen molar-refractivity contribution < 1.29 is 14.6 Å². The molecule has 0 bridgehead atoms. The largest absolute Gasteiger partial charge is 0.508 e. The number of rotatable bonds is 4. The fourth-order valence-electron chi connectivity index (χ4n) is 2.74. The summed E-state index contributed by atoms with van der Waals surface area (Å²) in [6.07, 6.45) is 5.71. The van der Waals surface area contributed by atoms with Gasteiger partial charge in [-0.3, -0.25) is 4.98 Å². The van der Waals surface area contributed by atoms with E-state index in [1.807, 2.05) is 70.1 Å². The molecule has 0 atom stereocenters. The SMILES string of the molecule is C=O.CNc1cccnc1.Cc1cc([N+](Nc2cccc(Cl)c2C)=C2CC2)ccc1O. The summed E-state index contributed by atoms with van der Waals surface area (Å²) in [7, 11) is 1.87. The minimum Gasteiger partial charge on any atom is -0.508 e. The van der Waals surface area contributed by atoms with Crippen molar-refractivity contribution in [3.8, 4) is 5.75 Å². The van der Waals surface area contributed by atoms with E-state index in [9.17, 15) is 5.11 Å². The van der Waals surface area contributed by atoms with Crippen molar-refractivity contribution in [2.75, 3.05) is 17.8 Å². The third-order valence-electron chi connectivity index (χ3n) is 4.68. The van der Waals surface area contributed by atoms with Crippen molar-refractivity contribution >= 4 is 41.2 Å². The Bertz CT molecular complexity index is 1030. The molecule has 0 unspecified atom stereocenters. The fourth-order valence-corrected chi connectivity index (χ4v) is 2.92. The third-order valence-corrected chi connectivity index (χ3v) is 5.09. The van der Waals surface area contributed by atoms with Crippen LogP contribution < -0.4 is 10.7 Å². The van der Waals surface area contributed by atoms with Crippen LogP contribution in [-0.4, -0.2) is 34.3 Å². The molecule has 0 amide bonds. The molecule has 3 N–H and O–H groups in total. The molecule has 7 heteroatoms. The van der Waals surface area contributed by atoms with Gasteiger partial charge < -0.3 is 15.2 Å². The van der Waals surface area contributed by atoms with Crippen molar-refractivity contribution in [1.29, 1.82) is 0 Å². The van der Waals surface area contributed by atoms with Crippen LogP contribution in [0.5, 0.6) is 5.75 Å². The summed E-state index contributed by atoms with van der Waals surface area (Å²) in [5, 5.41) is 13.4. The summed E-state index contributed by atoms with van der Waals surface area (Å²) < 4.78 is 2.09. The van der Waals surface area contributed by atoms with E-state index in [4.69, 9.17) is 16.4 Å². The van der Waals surface area contributed by atoms with E-state index < -0.39 is 0 Å². The minimum absolute atomic E-state index is 0.318. The Morgan fingerprint density at radius 3 is 2.39 bits per heavy atom. The number of nitrogens with zero attached hydrogens (tertiary/aromatic N) is 2. The van der Waals surface area contributed by atoms with E-state index in [1.165, 1.54) is 5.71 Å². The van der Waals surface area contributed by atoms with E-state index >= 15 is 0 Å². The number of halogens is 1. The molecule has 162 valence electrons. The number of hydrazine groups is 1. The van der Waals surface area contributed by atoms with Crippen LogP contribution in [0, 0.1) is 13.8 Å². The zero-order valence-corrected chi connectivity index (χ0v) is 18.8. The highest BCUT2D eigenvalue weighted by Gasteiger charge is 2.30. The molecule has 1 saturated carbocycles. The van der Waals surface area contributed by atoms with E-state index in [2.05, 4.69) is 20.4 Å². The average Bonchev–Trinajstić information content (AvgIpc) is 3.64. The van der Waals surface area contributed by atoms with Crippen LogP contribution in [0.3, 0.4) is 0 Å². The second-order valence-electron chi connectivity index (χ2n) is 6.89. The highest BCUT2D eigenvalue weighted by molar-refractivity contribution is 6.31. The van der Waals surface area contributed by atoms with Crippen molar-refractivity contribution in [1.82, 2.24) is 4.98 Å². The Labute approximate surface area is 188 Å². The number of benzene rings is 2. The first-order valence-corrected chi connectivity index (χ1v) is 10.2. The molecule has 0 radical (unpaired) electrons. The van der Waals surface area contributed by atoms with Crippen LogP contribution in [-0.2, 0) is 4.79 Å². The molecular formula is C24H28ClN4O2+. The van der Waals surface area contributed by atoms with E-state index in [-0.39, 0.29) is 0 Å². The first-order chi connectivity index (χ1) is 15.0. The summed E-state index contributed by atoms with van der Waals surface area (Å²) in [6.45, 7) is 5.90. The number of carbonyl (C=O) groups is 1. The summed E-state index contributed by atoms with van der Waals surface area (Å²) in [6, 6.07) is 15.3. The lowest BCUT2D eigenvalue weighted by molar-refractivity contribution is -0.402. The maximum atomic E-state index is 9.69. The summed E-state index contributed by atoms with van der Waals surface area (Å²) in [5.41, 5.74) is 9.74. The van der Waals surface area contributed by atoms with Gasteiger partial charge in [-0.15, -0.1) is 0 Å². The second kappa shape index (κ2) is 11.7. The first-order valence-electron chi connectivity index (χ1n) is 9.82. The van der Waals surface area contributed by atoms with Crippen LogP contribution in [0.2, 0.25) is 5.02 Å². The van der Waals surface area contributed by atoms with Crippen molar-refractivity contribution in [2.24, 2.45) is 0 Å². The van der Waals surface area contributed by atoms with Gasteiger partial charge >= 0.3 is 0 Å². The number of aromatic nitrogens is 1. The van der Waals surface area contributed by atoms with E-state index in [0.717, 1.165) is 46.1 Å². The predicted octanol–water partition coefficient (Wildman–Crippen LogP) is 5.51. The Kier molecular flexibility index (Phi) is 9.03. The Hall–Kier alpha value is -3.38. The summed E-state index contributed by atoms with van der Waals surface area (Å²) >= 11 is 6.19. The molecular weight excluding hydrogens is 412 g/mol. The number of pyridine rings is 1. The van der Waals surface area contributed by atoms with Crippen LogP contribution in [0.4, 0.5) is 17.1 Å².